The number of carbonyl (C=O) groups is 8. The van der Waals surface area contributed by atoms with Crippen molar-refractivity contribution in [2.75, 3.05) is 83.9 Å². The number of anilines is 1. The number of aryl methyl sites for hydroxylation is 4. The molecule has 2 aliphatic rings. The Bertz CT molecular complexity index is 5800. The Morgan fingerprint density at radius 3 is 1.13 bits per heavy atom. The van der Waals surface area contributed by atoms with Crippen molar-refractivity contribution < 1.29 is 90.2 Å². The van der Waals surface area contributed by atoms with Crippen molar-refractivity contribution in [1.29, 1.82) is 10.8 Å². The number of hydrogen-bond acceptors (Lipinski definition) is 26. The monoisotopic (exact) mass is 1870 g/mol. The third kappa shape index (κ3) is 25.7. The van der Waals surface area contributed by atoms with Crippen LogP contribution < -0.4 is 89.0 Å². The highest BCUT2D eigenvalue weighted by Crippen LogP contribution is 2.45. The molecular weight excluding hydrogens is 1760 g/mol. The van der Waals surface area contributed by atoms with E-state index in [1.807, 2.05) is 37.5 Å². The fraction of sp³-hybridized carbons (Fsp3) is 0.455. The Hall–Kier alpha value is -13.6. The summed E-state index contributed by atoms with van der Waals surface area (Å²) in [6, 6.07) is 8.36. The summed E-state index contributed by atoms with van der Waals surface area (Å²) in [6.45, 7) is 17.0. The molecule has 2 aliphatic heterocycles. The zero-order valence-corrected chi connectivity index (χ0v) is 77.7. The number of benzene rings is 3. The highest BCUT2D eigenvalue weighted by Gasteiger charge is 2.40. The number of carboxylic acids is 1. The molecule has 2 atom stereocenters. The SMILES string of the molecule is Cc1c(C)c(S(=O)(=O)NC(=N)NCCC[C@@H](NC(=O)[C@@H](CCCNC(=N)NS(=O)(=O)c2c(C)c(C)c3c(c2C)CC(C)(C)O3)NC(=O)CCC(=O)Nc2ccc(CC(CN(CCNC(=O)c3ccn(C)c(=O)c3O)CCNC(=O)c3ccn(C)c(=O)c3O)CN(CCNC(=O)c3ccn(C)c(=O)c3O)CCNC(=O)c3ccn(C)c(=O)c3O)cc2)C(=O)O)c(C)c2c1OC(C)(C)C2. The first-order chi connectivity index (χ1) is 61.9. The molecule has 9 rings (SSSR count). The molecule has 0 spiro atoms. The van der Waals surface area contributed by atoms with Gasteiger partial charge in [0.15, 0.2) is 23.0 Å². The van der Waals surface area contributed by atoms with Crippen LogP contribution in [0.4, 0.5) is 5.69 Å². The fourth-order valence-corrected chi connectivity index (χ4v) is 18.8. The summed E-state index contributed by atoms with van der Waals surface area (Å²) in [5, 5.41) is 94.3. The Labute approximate surface area is 761 Å². The van der Waals surface area contributed by atoms with Crippen LogP contribution in [-0.2, 0) is 86.7 Å². The minimum absolute atomic E-state index is 0.0117. The van der Waals surface area contributed by atoms with Crippen LogP contribution in [0.15, 0.2) is 102 Å². The van der Waals surface area contributed by atoms with E-state index >= 15 is 0 Å². The van der Waals surface area contributed by atoms with Crippen molar-refractivity contribution in [2.45, 2.75) is 160 Å². The Morgan fingerprint density at radius 2 is 0.788 bits per heavy atom. The van der Waals surface area contributed by atoms with Gasteiger partial charge in [0.1, 0.15) is 34.8 Å². The molecule has 0 fully saturated rings. The van der Waals surface area contributed by atoms with E-state index in [1.165, 1.54) is 77.2 Å². The molecule has 0 saturated heterocycles. The first-order valence-corrected chi connectivity index (χ1v) is 45.5. The lowest BCUT2D eigenvalue weighted by Crippen LogP contribution is -2.52. The third-order valence-corrected chi connectivity index (χ3v) is 26.2. The topological polar surface area (TPSA) is 599 Å². The lowest BCUT2D eigenvalue weighted by atomic mass is 9.94. The molecule has 18 N–H and O–H groups in total. The van der Waals surface area contributed by atoms with Crippen LogP contribution in [0.25, 0.3) is 0 Å². The molecule has 0 aliphatic carbocycles. The van der Waals surface area contributed by atoms with Crippen molar-refractivity contribution in [3.63, 3.8) is 0 Å². The van der Waals surface area contributed by atoms with Gasteiger partial charge in [-0.1, -0.05) is 12.1 Å². The minimum atomic E-state index is -4.38. The number of aromatic nitrogens is 4. The number of hydrogen-bond donors (Lipinski definition) is 18. The van der Waals surface area contributed by atoms with E-state index < -0.39 is 167 Å². The summed E-state index contributed by atoms with van der Waals surface area (Å²) >= 11 is 0. The number of guanidine groups is 2. The molecule has 0 radical (unpaired) electrons. The van der Waals surface area contributed by atoms with Crippen LogP contribution in [0.1, 0.15) is 158 Å². The van der Waals surface area contributed by atoms with E-state index in [9.17, 15) is 99.9 Å². The number of aliphatic carboxylic acids is 1. The number of nitrogens with one attached hydrogen (secondary N) is 13. The first-order valence-electron chi connectivity index (χ1n) is 42.6. The van der Waals surface area contributed by atoms with Crippen LogP contribution in [0.3, 0.4) is 0 Å². The molecule has 3 aromatic carbocycles. The van der Waals surface area contributed by atoms with Gasteiger partial charge in [0.05, 0.1) is 32.0 Å². The quantitative estimate of drug-likeness (QED) is 0.0146. The standard InChI is InChI=1S/C88H117N19O23S2/c1-48-50(3)73(52(5)61-44-87(7,8)129-71(48)61)131(125,126)100-85(89)95-29-15-17-63(79(118)99-64(84(123)124)18-16-30-96-86(90)101-132(127,128)74-51(4)49(2)72-62(53(74)6)45-88(9,10)130-72)98-66(109)24-23-65(108)97-56-21-19-54(20-22-56)43-55(46-106(39-31-91-75(114)57-25-35-102(11)80(119)67(57)110)40-32-92-76(115)58-26-36-103(12)81(120)68(58)111)47-107(41-33-93-77(116)59-27-37-104(13)82(121)69(59)112)42-34-94-78(117)60-28-38-105(14)83(122)70(60)113/h19-22,25-28,35-38,55,63-64,110-113H,15-18,23-24,29-34,39-47H2,1-14H3,(H,91,114)(H,92,115)(H,93,116)(H,94,117)(H,97,108)(H,98,109)(H,99,118)(H,123,124)(H3,89,95,100)(H3,90,96,101)/t63-,64-/m1/s1. The van der Waals surface area contributed by atoms with Crippen molar-refractivity contribution >= 4 is 85.0 Å². The Kier molecular flexibility index (Phi) is 33.6. The second-order valence-corrected chi connectivity index (χ2v) is 37.4. The molecule has 7 amide bonds. The fourth-order valence-electron chi connectivity index (χ4n) is 15.7. The molecule has 714 valence electrons. The maximum atomic E-state index is 14.3. The maximum absolute atomic E-state index is 14.3. The molecule has 4 aromatic heterocycles. The summed E-state index contributed by atoms with van der Waals surface area (Å²) < 4.78 is 77.0. The summed E-state index contributed by atoms with van der Waals surface area (Å²) in [4.78, 5) is 164. The Morgan fingerprint density at radius 1 is 0.455 bits per heavy atom. The number of pyridine rings is 4. The van der Waals surface area contributed by atoms with Gasteiger partial charge in [-0.05, 0) is 183 Å². The molecular formula is C88H117N19O23S2. The lowest BCUT2D eigenvalue weighted by Gasteiger charge is -2.32. The predicted octanol–water partition coefficient (Wildman–Crippen LogP) is 1.40. The molecule has 6 heterocycles. The average Bonchev–Trinajstić information content (AvgIpc) is 1.57. The van der Waals surface area contributed by atoms with Gasteiger partial charge in [0, 0.05) is 174 Å². The van der Waals surface area contributed by atoms with E-state index in [0.29, 0.717) is 63.3 Å². The number of rotatable bonds is 42. The Balaban J connectivity index is 0.915. The normalized spacial score (nSPS) is 13.5. The zero-order valence-electron chi connectivity index (χ0n) is 76.1. The first kappa shape index (κ1) is 102. The molecule has 44 heteroatoms. The van der Waals surface area contributed by atoms with Crippen LogP contribution in [-0.4, -0.2) is 231 Å². The summed E-state index contributed by atoms with van der Waals surface area (Å²) in [5.74, 6) is -11.1. The van der Waals surface area contributed by atoms with Crippen molar-refractivity contribution in [1.82, 2.24) is 80.0 Å². The van der Waals surface area contributed by atoms with E-state index in [2.05, 4.69) is 57.3 Å². The minimum Gasteiger partial charge on any atom is -0.502 e. The van der Waals surface area contributed by atoms with Crippen molar-refractivity contribution in [2.24, 2.45) is 34.1 Å². The lowest BCUT2D eigenvalue weighted by molar-refractivity contribution is -0.142. The average molecular weight is 1870 g/mol. The van der Waals surface area contributed by atoms with Crippen LogP contribution >= 0.6 is 0 Å². The van der Waals surface area contributed by atoms with Gasteiger partial charge in [-0.3, -0.25) is 73.4 Å². The van der Waals surface area contributed by atoms with Gasteiger partial charge in [-0.2, -0.15) is 0 Å². The highest BCUT2D eigenvalue weighted by molar-refractivity contribution is 7.90. The maximum Gasteiger partial charge on any atom is 0.326 e. The number of carbonyl (C=O) groups excluding carboxylic acids is 7. The van der Waals surface area contributed by atoms with Crippen molar-refractivity contribution in [3.05, 3.63) is 187 Å². The van der Waals surface area contributed by atoms with Gasteiger partial charge in [-0.25, -0.2) is 31.1 Å². The van der Waals surface area contributed by atoms with Crippen LogP contribution in [0, 0.1) is 58.3 Å². The van der Waals surface area contributed by atoms with Gasteiger partial charge in [0.2, 0.25) is 29.6 Å². The number of ether oxygens (including phenoxy) is 2. The molecule has 0 saturated carbocycles. The summed E-state index contributed by atoms with van der Waals surface area (Å²) in [6.07, 6.45) is 4.60. The summed E-state index contributed by atoms with van der Waals surface area (Å²) in [7, 11) is -3.21. The molecule has 42 nitrogen and oxygen atoms in total. The largest absolute Gasteiger partial charge is 0.502 e. The molecule has 7 aromatic rings. The highest BCUT2D eigenvalue weighted by atomic mass is 32.2. The zero-order chi connectivity index (χ0) is 97.5. The van der Waals surface area contributed by atoms with Crippen LogP contribution in [0.5, 0.6) is 34.5 Å². The van der Waals surface area contributed by atoms with Gasteiger partial charge in [-0.15, -0.1) is 0 Å². The predicted molar refractivity (Wildman–Crippen MR) is 487 cm³/mol. The summed E-state index contributed by atoms with van der Waals surface area (Å²) in [5.41, 5.74) is -0.492. The van der Waals surface area contributed by atoms with E-state index in [0.717, 1.165) is 29.4 Å². The second kappa shape index (κ2) is 43.4. The van der Waals surface area contributed by atoms with Crippen LogP contribution in [0.2, 0.25) is 0 Å². The number of fused-ring (bicyclic) bond motifs is 2. The smallest absolute Gasteiger partial charge is 0.326 e. The molecule has 0 bridgehead atoms. The van der Waals surface area contributed by atoms with Gasteiger partial charge in [0.25, 0.3) is 65.9 Å². The van der Waals surface area contributed by atoms with E-state index in [4.69, 9.17) is 20.3 Å². The number of nitrogens with zero attached hydrogens (tertiary/aromatic N) is 6. The van der Waals surface area contributed by atoms with E-state index in [1.54, 1.807) is 65.8 Å². The van der Waals surface area contributed by atoms with Gasteiger partial charge >= 0.3 is 5.97 Å². The second-order valence-electron chi connectivity index (χ2n) is 34.1. The number of carboxylic acid groups (broad SMARTS) is 1. The molecule has 0 unspecified atom stereocenters. The van der Waals surface area contributed by atoms with Gasteiger partial charge < -0.3 is 101 Å². The number of aromatic hydroxyl groups is 4. The number of sulfonamides is 2. The number of amides is 7. The third-order valence-electron chi connectivity index (χ3n) is 23.0. The van der Waals surface area contributed by atoms with Crippen molar-refractivity contribution in [3.8, 4) is 34.5 Å². The molecule has 132 heavy (non-hydrogen) atoms. The van der Waals surface area contributed by atoms with E-state index in [-0.39, 0.29) is 148 Å².